The van der Waals surface area contributed by atoms with Crippen molar-refractivity contribution in [3.05, 3.63) is 35.9 Å². The van der Waals surface area contributed by atoms with Crippen molar-refractivity contribution in [2.75, 3.05) is 0 Å². The van der Waals surface area contributed by atoms with Gasteiger partial charge in [-0.2, -0.15) is 0 Å². The Labute approximate surface area is 95.7 Å². The molecule has 0 heterocycles. The fourth-order valence-electron chi connectivity index (χ4n) is 1.45. The van der Waals surface area contributed by atoms with Crippen molar-refractivity contribution >= 4 is 23.0 Å². The highest BCUT2D eigenvalue weighted by Crippen LogP contribution is 2.14. The lowest BCUT2D eigenvalue weighted by Gasteiger charge is -2.26. The molecule has 0 radical (unpaired) electrons. The normalized spacial score (nSPS) is 10.9. The van der Waals surface area contributed by atoms with E-state index in [-0.39, 0.29) is 5.91 Å². The maximum atomic E-state index is 11.0. The summed E-state index contributed by atoms with van der Waals surface area (Å²) in [4.78, 5) is 11.8. The minimum Gasteiger partial charge on any atom is -0.347 e. The molecule has 1 amide bonds. The van der Waals surface area contributed by atoms with Crippen molar-refractivity contribution in [1.29, 1.82) is 0 Å². The number of benzene rings is 1. The molecule has 0 aliphatic carbocycles. The van der Waals surface area contributed by atoms with Crippen LogP contribution < -0.4 is 5.32 Å². The maximum absolute atomic E-state index is 11.0. The van der Waals surface area contributed by atoms with Crippen LogP contribution in [0.15, 0.2) is 30.3 Å². The molecule has 0 spiro atoms. The number of hydrogen-bond acceptors (Lipinski definition) is 2. The van der Waals surface area contributed by atoms with Gasteiger partial charge in [-0.05, 0) is 19.4 Å². The molecular weight excluding hydrogens is 206 g/mol. The Morgan fingerprint density at radius 2 is 1.80 bits per heavy atom. The van der Waals surface area contributed by atoms with E-state index in [4.69, 9.17) is 12.2 Å². The first kappa shape index (κ1) is 11.9. The summed E-state index contributed by atoms with van der Waals surface area (Å²) in [6.07, 6.45) is 0. The second kappa shape index (κ2) is 4.53. The van der Waals surface area contributed by atoms with E-state index >= 15 is 0 Å². The second-order valence-electron chi connectivity index (χ2n) is 4.00. The standard InChI is InChI=1S/C12H15NOS/c1-9(14)13-12(2,3)11(15)10-7-5-4-6-8-10/h4-8H,1-3H3,(H,13,14). The van der Waals surface area contributed by atoms with Gasteiger partial charge >= 0.3 is 0 Å². The van der Waals surface area contributed by atoms with Crippen LogP contribution in [0.4, 0.5) is 0 Å². The average molecular weight is 221 g/mol. The fraction of sp³-hybridized carbons (Fsp3) is 0.333. The van der Waals surface area contributed by atoms with Crippen molar-refractivity contribution in [3.8, 4) is 0 Å². The molecule has 3 heteroatoms. The first-order chi connectivity index (χ1) is 6.93. The van der Waals surface area contributed by atoms with Crippen LogP contribution in [0.5, 0.6) is 0 Å². The van der Waals surface area contributed by atoms with Gasteiger partial charge in [0.2, 0.25) is 5.91 Å². The number of amides is 1. The van der Waals surface area contributed by atoms with Crippen molar-refractivity contribution in [3.63, 3.8) is 0 Å². The molecule has 1 aromatic carbocycles. The van der Waals surface area contributed by atoms with E-state index in [0.29, 0.717) is 0 Å². The lowest BCUT2D eigenvalue weighted by molar-refractivity contribution is -0.119. The van der Waals surface area contributed by atoms with Gasteiger partial charge in [0.15, 0.2) is 0 Å². The molecule has 0 aliphatic rings. The molecule has 1 N–H and O–H groups in total. The van der Waals surface area contributed by atoms with Crippen molar-refractivity contribution in [1.82, 2.24) is 5.32 Å². The van der Waals surface area contributed by atoms with E-state index < -0.39 is 5.54 Å². The second-order valence-corrected chi connectivity index (χ2v) is 4.41. The van der Waals surface area contributed by atoms with Crippen LogP contribution in [0.3, 0.4) is 0 Å². The van der Waals surface area contributed by atoms with Gasteiger partial charge in [0.1, 0.15) is 0 Å². The number of carbonyl (C=O) groups excluding carboxylic acids is 1. The molecule has 0 bridgehead atoms. The smallest absolute Gasteiger partial charge is 0.217 e. The number of hydrogen-bond donors (Lipinski definition) is 1. The molecular formula is C12H15NOS. The molecule has 1 aromatic rings. The summed E-state index contributed by atoms with van der Waals surface area (Å²) in [6, 6.07) is 9.71. The molecule has 0 saturated heterocycles. The number of rotatable bonds is 3. The molecule has 0 atom stereocenters. The van der Waals surface area contributed by atoms with Gasteiger partial charge in [0.05, 0.1) is 5.54 Å². The van der Waals surface area contributed by atoms with Crippen LogP contribution >= 0.6 is 12.2 Å². The van der Waals surface area contributed by atoms with E-state index in [1.807, 2.05) is 44.2 Å². The summed E-state index contributed by atoms with van der Waals surface area (Å²) in [7, 11) is 0. The van der Waals surface area contributed by atoms with Gasteiger partial charge in [0.25, 0.3) is 0 Å². The monoisotopic (exact) mass is 221 g/mol. The molecule has 0 fully saturated rings. The van der Waals surface area contributed by atoms with Gasteiger partial charge in [-0.25, -0.2) is 0 Å². The molecule has 0 aliphatic heterocycles. The predicted molar refractivity (Wildman–Crippen MR) is 66.0 cm³/mol. The molecule has 0 saturated carbocycles. The molecule has 80 valence electrons. The summed E-state index contributed by atoms with van der Waals surface area (Å²) in [6.45, 7) is 5.31. The molecule has 1 rings (SSSR count). The first-order valence-corrected chi connectivity index (χ1v) is 5.23. The predicted octanol–water partition coefficient (Wildman–Crippen LogP) is 2.32. The van der Waals surface area contributed by atoms with Crippen LogP contribution in [-0.4, -0.2) is 16.3 Å². The highest BCUT2D eigenvalue weighted by molar-refractivity contribution is 7.81. The highest BCUT2D eigenvalue weighted by Gasteiger charge is 2.25. The third-order valence-corrected chi connectivity index (χ3v) is 2.84. The number of carbonyl (C=O) groups is 1. The minimum atomic E-state index is -0.484. The SMILES string of the molecule is CC(=O)NC(C)(C)C(=S)c1ccccc1. The lowest BCUT2D eigenvalue weighted by atomic mass is 9.94. The molecule has 15 heavy (non-hydrogen) atoms. The Hall–Kier alpha value is -1.22. The summed E-state index contributed by atoms with van der Waals surface area (Å²) in [5, 5.41) is 2.84. The summed E-state index contributed by atoms with van der Waals surface area (Å²) >= 11 is 5.36. The topological polar surface area (TPSA) is 29.1 Å². The molecule has 2 nitrogen and oxygen atoms in total. The van der Waals surface area contributed by atoms with Gasteiger partial charge < -0.3 is 5.32 Å². The van der Waals surface area contributed by atoms with E-state index in [9.17, 15) is 4.79 Å². The zero-order valence-electron chi connectivity index (χ0n) is 9.20. The highest BCUT2D eigenvalue weighted by atomic mass is 32.1. The average Bonchev–Trinajstić information content (AvgIpc) is 2.16. The molecule has 0 unspecified atom stereocenters. The number of thiocarbonyl (C=S) groups is 1. The third-order valence-electron chi connectivity index (χ3n) is 2.09. The Kier molecular flexibility index (Phi) is 3.58. The third kappa shape index (κ3) is 3.13. The van der Waals surface area contributed by atoms with Crippen LogP contribution in [0.2, 0.25) is 0 Å². The van der Waals surface area contributed by atoms with Gasteiger partial charge in [-0.15, -0.1) is 0 Å². The quantitative estimate of drug-likeness (QED) is 0.627. The van der Waals surface area contributed by atoms with Crippen molar-refractivity contribution < 1.29 is 4.79 Å². The molecule has 0 aromatic heterocycles. The van der Waals surface area contributed by atoms with Crippen LogP contribution in [0, 0.1) is 0 Å². The van der Waals surface area contributed by atoms with E-state index in [1.165, 1.54) is 6.92 Å². The van der Waals surface area contributed by atoms with Crippen molar-refractivity contribution in [2.45, 2.75) is 26.3 Å². The van der Waals surface area contributed by atoms with Gasteiger partial charge in [-0.3, -0.25) is 4.79 Å². The summed E-state index contributed by atoms with van der Waals surface area (Å²) in [5.41, 5.74) is 0.494. The Bertz CT molecular complexity index is 370. The van der Waals surface area contributed by atoms with Crippen LogP contribution in [0.1, 0.15) is 26.3 Å². The number of nitrogens with one attached hydrogen (secondary N) is 1. The lowest BCUT2D eigenvalue weighted by Crippen LogP contribution is -2.48. The van der Waals surface area contributed by atoms with Crippen LogP contribution in [0.25, 0.3) is 0 Å². The Balaban J connectivity index is 2.89. The van der Waals surface area contributed by atoms with E-state index in [2.05, 4.69) is 5.32 Å². The van der Waals surface area contributed by atoms with Crippen molar-refractivity contribution in [2.24, 2.45) is 0 Å². The van der Waals surface area contributed by atoms with Gasteiger partial charge in [-0.1, -0.05) is 42.5 Å². The zero-order chi connectivity index (χ0) is 11.5. The van der Waals surface area contributed by atoms with E-state index in [1.54, 1.807) is 0 Å². The maximum Gasteiger partial charge on any atom is 0.217 e. The Morgan fingerprint density at radius 3 is 2.27 bits per heavy atom. The first-order valence-electron chi connectivity index (χ1n) is 4.82. The zero-order valence-corrected chi connectivity index (χ0v) is 10.0. The van der Waals surface area contributed by atoms with E-state index in [0.717, 1.165) is 10.4 Å². The largest absolute Gasteiger partial charge is 0.347 e. The van der Waals surface area contributed by atoms with Crippen LogP contribution in [-0.2, 0) is 4.79 Å². The Morgan fingerprint density at radius 1 is 1.27 bits per heavy atom. The fourth-order valence-corrected chi connectivity index (χ4v) is 1.63. The van der Waals surface area contributed by atoms with Gasteiger partial charge in [0, 0.05) is 11.8 Å². The summed E-state index contributed by atoms with van der Waals surface area (Å²) < 4.78 is 0. The summed E-state index contributed by atoms with van der Waals surface area (Å²) in [5.74, 6) is -0.0710. The minimum absolute atomic E-state index is 0.0710.